The molecule has 0 unspecified atom stereocenters. The van der Waals surface area contributed by atoms with Crippen LogP contribution in [0.1, 0.15) is 30.4 Å². The third-order valence-corrected chi connectivity index (χ3v) is 4.23. The van der Waals surface area contributed by atoms with Gasteiger partial charge in [-0.1, -0.05) is 12.1 Å². The predicted molar refractivity (Wildman–Crippen MR) is 77.6 cm³/mol. The number of hydrogen-bond donors (Lipinski definition) is 1. The van der Waals surface area contributed by atoms with Gasteiger partial charge < -0.3 is 15.4 Å². The Balaban J connectivity index is 1.54. The number of benzene rings is 1. The van der Waals surface area contributed by atoms with Gasteiger partial charge in [0.2, 0.25) is 0 Å². The minimum absolute atomic E-state index is 0.123. The normalized spacial score (nSPS) is 19.9. The molecule has 0 amide bonds. The van der Waals surface area contributed by atoms with Gasteiger partial charge in [-0.15, -0.1) is 0 Å². The van der Waals surface area contributed by atoms with Gasteiger partial charge in [-0.2, -0.15) is 0 Å². The van der Waals surface area contributed by atoms with E-state index in [9.17, 15) is 0 Å². The second-order valence-corrected chi connectivity index (χ2v) is 6.24. The van der Waals surface area contributed by atoms with Crippen molar-refractivity contribution in [3.8, 4) is 5.75 Å². The number of fused-ring (bicyclic) bond motifs is 1. The van der Waals surface area contributed by atoms with Gasteiger partial charge in [0, 0.05) is 18.6 Å². The van der Waals surface area contributed by atoms with E-state index in [0.717, 1.165) is 44.7 Å². The van der Waals surface area contributed by atoms with E-state index in [1.807, 2.05) is 0 Å². The molecule has 2 aliphatic rings. The third-order valence-electron chi connectivity index (χ3n) is 4.23. The zero-order valence-electron chi connectivity index (χ0n) is 11.8. The summed E-state index contributed by atoms with van der Waals surface area (Å²) in [6.07, 6.45) is 5.78. The van der Waals surface area contributed by atoms with Crippen molar-refractivity contribution in [1.29, 1.82) is 0 Å². The summed E-state index contributed by atoms with van der Waals surface area (Å²) in [4.78, 5) is 2.36. The summed E-state index contributed by atoms with van der Waals surface area (Å²) in [6.45, 7) is 2.98. The Labute approximate surface area is 115 Å². The fourth-order valence-corrected chi connectivity index (χ4v) is 2.82. The zero-order valence-corrected chi connectivity index (χ0v) is 11.8. The van der Waals surface area contributed by atoms with E-state index in [1.54, 1.807) is 0 Å². The van der Waals surface area contributed by atoms with Crippen LogP contribution in [-0.4, -0.2) is 37.2 Å². The van der Waals surface area contributed by atoms with Crippen molar-refractivity contribution in [2.45, 2.75) is 37.6 Å². The van der Waals surface area contributed by atoms with Crippen LogP contribution in [0.2, 0.25) is 0 Å². The Bertz CT molecular complexity index is 454. The first-order valence-corrected chi connectivity index (χ1v) is 7.37. The number of likely N-dealkylation sites (N-methyl/N-ethyl adjacent to an activating group) is 1. The molecule has 1 aromatic carbocycles. The minimum Gasteiger partial charge on any atom is -0.493 e. The third kappa shape index (κ3) is 3.28. The van der Waals surface area contributed by atoms with Crippen molar-refractivity contribution < 1.29 is 4.74 Å². The fraction of sp³-hybridized carbons (Fsp3) is 0.625. The van der Waals surface area contributed by atoms with Crippen molar-refractivity contribution in [2.75, 3.05) is 26.7 Å². The molecule has 1 fully saturated rings. The fourth-order valence-electron chi connectivity index (χ4n) is 2.82. The van der Waals surface area contributed by atoms with Crippen LogP contribution in [0.3, 0.4) is 0 Å². The number of aryl methyl sites for hydroxylation is 1. The molecule has 3 nitrogen and oxygen atoms in total. The lowest BCUT2D eigenvalue weighted by atomic mass is 10.0. The summed E-state index contributed by atoms with van der Waals surface area (Å²) in [5, 5.41) is 0. The van der Waals surface area contributed by atoms with Gasteiger partial charge in [-0.05, 0) is 56.3 Å². The molecule has 19 heavy (non-hydrogen) atoms. The highest BCUT2D eigenvalue weighted by atomic mass is 16.5. The molecule has 2 N–H and O–H groups in total. The topological polar surface area (TPSA) is 38.5 Å². The van der Waals surface area contributed by atoms with Crippen molar-refractivity contribution in [3.63, 3.8) is 0 Å². The number of hydrogen-bond acceptors (Lipinski definition) is 3. The molecule has 104 valence electrons. The molecule has 0 spiro atoms. The van der Waals surface area contributed by atoms with Gasteiger partial charge in [-0.25, -0.2) is 0 Å². The Morgan fingerprint density at radius 3 is 3.00 bits per heavy atom. The average Bonchev–Trinajstić information content (AvgIpc) is 3.13. The highest BCUT2D eigenvalue weighted by Crippen LogP contribution is 2.32. The van der Waals surface area contributed by atoms with E-state index >= 15 is 0 Å². The van der Waals surface area contributed by atoms with Gasteiger partial charge in [0.25, 0.3) is 0 Å². The summed E-state index contributed by atoms with van der Waals surface area (Å²) in [7, 11) is 2.18. The lowest BCUT2D eigenvalue weighted by Crippen LogP contribution is -2.38. The molecule has 1 saturated carbocycles. The Kier molecular flexibility index (Phi) is 3.50. The van der Waals surface area contributed by atoms with Crippen molar-refractivity contribution in [1.82, 2.24) is 4.90 Å². The minimum atomic E-state index is 0.123. The van der Waals surface area contributed by atoms with Crippen LogP contribution in [0.15, 0.2) is 18.2 Å². The summed E-state index contributed by atoms with van der Waals surface area (Å²) in [5.74, 6) is 1.09. The quantitative estimate of drug-likeness (QED) is 0.880. The molecule has 3 heteroatoms. The second kappa shape index (κ2) is 5.14. The summed E-state index contributed by atoms with van der Waals surface area (Å²) in [6, 6.07) is 6.65. The Hall–Kier alpha value is -1.06. The summed E-state index contributed by atoms with van der Waals surface area (Å²) < 4.78 is 5.65. The molecule has 1 aliphatic heterocycles. The predicted octanol–water partition coefficient (Wildman–Crippen LogP) is 1.98. The van der Waals surface area contributed by atoms with Gasteiger partial charge in [0.05, 0.1) is 6.61 Å². The van der Waals surface area contributed by atoms with Crippen LogP contribution in [0.25, 0.3) is 0 Å². The van der Waals surface area contributed by atoms with Crippen molar-refractivity contribution >= 4 is 0 Å². The van der Waals surface area contributed by atoms with Crippen molar-refractivity contribution in [2.24, 2.45) is 5.73 Å². The number of rotatable bonds is 5. The number of nitrogens with zero attached hydrogens (tertiary/aromatic N) is 1. The molecule has 1 aromatic rings. The average molecular weight is 260 g/mol. The second-order valence-electron chi connectivity index (χ2n) is 6.24. The molecule has 0 radical (unpaired) electrons. The van der Waals surface area contributed by atoms with Gasteiger partial charge >= 0.3 is 0 Å². The van der Waals surface area contributed by atoms with Gasteiger partial charge in [0.1, 0.15) is 5.75 Å². The monoisotopic (exact) mass is 260 g/mol. The highest BCUT2D eigenvalue weighted by Gasteiger charge is 2.38. The van der Waals surface area contributed by atoms with E-state index in [0.29, 0.717) is 0 Å². The van der Waals surface area contributed by atoms with Crippen LogP contribution in [0.5, 0.6) is 5.75 Å². The van der Waals surface area contributed by atoms with Crippen LogP contribution in [-0.2, 0) is 12.8 Å². The molecular weight excluding hydrogens is 236 g/mol. The summed E-state index contributed by atoms with van der Waals surface area (Å²) in [5.41, 5.74) is 9.07. The van der Waals surface area contributed by atoms with Crippen LogP contribution < -0.4 is 10.5 Å². The van der Waals surface area contributed by atoms with E-state index in [1.165, 1.54) is 24.0 Å². The molecular formula is C16H24N2O. The Morgan fingerprint density at radius 2 is 2.21 bits per heavy atom. The Morgan fingerprint density at radius 1 is 1.37 bits per heavy atom. The maximum atomic E-state index is 6.15. The molecule has 1 heterocycles. The van der Waals surface area contributed by atoms with E-state index in [2.05, 4.69) is 30.1 Å². The maximum Gasteiger partial charge on any atom is 0.122 e. The first kappa shape index (κ1) is 12.9. The van der Waals surface area contributed by atoms with E-state index in [4.69, 9.17) is 10.5 Å². The first-order chi connectivity index (χ1) is 9.15. The van der Waals surface area contributed by atoms with E-state index in [-0.39, 0.29) is 5.54 Å². The molecule has 1 aliphatic carbocycles. The standard InChI is InChI=1S/C16H24N2O/c1-18(12-16(17)7-8-16)9-6-13-4-5-15-14(11-13)3-2-10-19-15/h4-5,11H,2-3,6-10,12,17H2,1H3. The molecule has 3 rings (SSSR count). The largest absolute Gasteiger partial charge is 0.493 e. The molecule has 0 atom stereocenters. The molecule has 0 bridgehead atoms. The number of ether oxygens (including phenoxy) is 1. The first-order valence-electron chi connectivity index (χ1n) is 7.37. The zero-order chi connectivity index (χ0) is 13.3. The van der Waals surface area contributed by atoms with Crippen molar-refractivity contribution in [3.05, 3.63) is 29.3 Å². The molecule has 0 aromatic heterocycles. The van der Waals surface area contributed by atoms with Crippen LogP contribution in [0, 0.1) is 0 Å². The van der Waals surface area contributed by atoms with Crippen LogP contribution in [0.4, 0.5) is 0 Å². The van der Waals surface area contributed by atoms with Gasteiger partial charge in [-0.3, -0.25) is 0 Å². The maximum absolute atomic E-state index is 6.15. The van der Waals surface area contributed by atoms with E-state index < -0.39 is 0 Å². The lowest BCUT2D eigenvalue weighted by molar-refractivity contribution is 0.287. The summed E-state index contributed by atoms with van der Waals surface area (Å²) >= 11 is 0. The highest BCUT2D eigenvalue weighted by molar-refractivity contribution is 5.38. The lowest BCUT2D eigenvalue weighted by Gasteiger charge is -2.21. The molecule has 0 saturated heterocycles. The SMILES string of the molecule is CN(CCc1ccc2c(c1)CCCO2)CC1(N)CC1. The van der Waals surface area contributed by atoms with Gasteiger partial charge in [0.15, 0.2) is 0 Å². The van der Waals surface area contributed by atoms with Crippen LogP contribution >= 0.6 is 0 Å². The number of nitrogens with two attached hydrogens (primary N) is 1. The smallest absolute Gasteiger partial charge is 0.122 e.